The molecule has 3 aromatic rings. The van der Waals surface area contributed by atoms with Crippen LogP contribution in [0.1, 0.15) is 44.4 Å². The third kappa shape index (κ3) is 2.50. The van der Waals surface area contributed by atoms with Crippen molar-refractivity contribution in [2.45, 2.75) is 38.7 Å². The van der Waals surface area contributed by atoms with Crippen LogP contribution in [-0.4, -0.2) is 19.6 Å². The Hall–Kier alpha value is -1.80. The Balaban J connectivity index is 2.04. The molecule has 0 atom stereocenters. The molecule has 0 saturated heterocycles. The fourth-order valence-electron chi connectivity index (χ4n) is 3.83. The van der Waals surface area contributed by atoms with Crippen LogP contribution < -0.4 is 4.90 Å². The zero-order valence-corrected chi connectivity index (χ0v) is 16.8. The first-order chi connectivity index (χ1) is 11.8. The number of benzene rings is 2. The zero-order valence-electron chi connectivity index (χ0n) is 15.1. The van der Waals surface area contributed by atoms with Gasteiger partial charge in [-0.15, -0.1) is 0 Å². The molecule has 1 aromatic heterocycles. The van der Waals surface area contributed by atoms with E-state index in [0.29, 0.717) is 0 Å². The first-order valence-electron chi connectivity index (χ1n) is 8.61. The van der Waals surface area contributed by atoms with E-state index in [0.717, 1.165) is 5.56 Å². The first kappa shape index (κ1) is 16.7. The molecule has 4 rings (SSSR count). The predicted octanol–water partition coefficient (Wildman–Crippen LogP) is 5.08. The molecule has 0 spiro atoms. The number of anilines is 3. The van der Waals surface area contributed by atoms with Crippen LogP contribution in [0.4, 0.5) is 15.9 Å². The molecule has 25 heavy (non-hydrogen) atoms. The Labute approximate surface area is 155 Å². The van der Waals surface area contributed by atoms with E-state index in [4.69, 9.17) is 0 Å². The van der Waals surface area contributed by atoms with Gasteiger partial charge in [0.2, 0.25) is 0 Å². The van der Waals surface area contributed by atoms with Gasteiger partial charge in [0, 0.05) is 0 Å². The van der Waals surface area contributed by atoms with Crippen molar-refractivity contribution >= 4 is 30.4 Å². The van der Waals surface area contributed by atoms with E-state index in [1.165, 1.54) is 27.1 Å². The van der Waals surface area contributed by atoms with E-state index in [9.17, 15) is 5.11 Å². The van der Waals surface area contributed by atoms with Gasteiger partial charge in [0.05, 0.1) is 0 Å². The summed E-state index contributed by atoms with van der Waals surface area (Å²) in [5.74, 6) is 0. The normalized spacial score (nSPS) is 15.6. The minimum absolute atomic E-state index is 0.0435. The minimum atomic E-state index is -0.846. The van der Waals surface area contributed by atoms with Gasteiger partial charge >= 0.3 is 155 Å². The summed E-state index contributed by atoms with van der Waals surface area (Å²) in [6, 6.07) is 19.4. The van der Waals surface area contributed by atoms with Crippen molar-refractivity contribution in [3.8, 4) is 0 Å². The third-order valence-electron chi connectivity index (χ3n) is 5.14. The Bertz CT molecular complexity index is 883. The molecule has 128 valence electrons. The first-order valence-corrected chi connectivity index (χ1v) is 10.5. The number of hydrogen-bond donors (Lipinski definition) is 1. The second kappa shape index (κ2) is 5.60. The number of rotatable bonds is 2. The Kier molecular flexibility index (Phi) is 3.73. The molecule has 2 nitrogen and oxygen atoms in total. The molecular formula is C22H23NOSe. The average molecular weight is 396 g/mol. The van der Waals surface area contributed by atoms with Gasteiger partial charge in [-0.3, -0.25) is 0 Å². The van der Waals surface area contributed by atoms with E-state index in [1.54, 1.807) is 0 Å². The van der Waals surface area contributed by atoms with Crippen molar-refractivity contribution in [1.82, 2.24) is 0 Å². The van der Waals surface area contributed by atoms with Crippen LogP contribution in [0.15, 0.2) is 59.5 Å². The molecule has 0 unspecified atom stereocenters. The maximum absolute atomic E-state index is 10.7. The molecule has 0 saturated carbocycles. The van der Waals surface area contributed by atoms with Crippen LogP contribution in [0.3, 0.4) is 0 Å². The van der Waals surface area contributed by atoms with Crippen LogP contribution in [0, 0.1) is 0 Å². The monoisotopic (exact) mass is 397 g/mol. The summed E-state index contributed by atoms with van der Waals surface area (Å²) < 4.78 is 1.23. The van der Waals surface area contributed by atoms with Crippen LogP contribution in [0.25, 0.3) is 0 Å². The molecule has 0 radical (unpaired) electrons. The van der Waals surface area contributed by atoms with Crippen molar-refractivity contribution < 1.29 is 5.11 Å². The number of aliphatic hydroxyl groups is 1. The van der Waals surface area contributed by atoms with E-state index in [1.807, 2.05) is 13.8 Å². The fraction of sp³-hybridized carbons (Fsp3) is 0.273. The molecule has 2 aromatic carbocycles. The number of nitrogens with zero attached hydrogens (tertiary/aromatic N) is 1. The molecule has 0 bridgehead atoms. The summed E-state index contributed by atoms with van der Waals surface area (Å²) in [6.07, 6.45) is 0. The molecule has 1 N–H and O–H groups in total. The van der Waals surface area contributed by atoms with E-state index < -0.39 is 5.60 Å². The Morgan fingerprint density at radius 2 is 1.40 bits per heavy atom. The summed E-state index contributed by atoms with van der Waals surface area (Å²) in [7, 11) is 0. The third-order valence-corrected chi connectivity index (χ3v) is 7.03. The number of para-hydroxylation sites is 2. The quantitative estimate of drug-likeness (QED) is 0.611. The molecule has 2 heterocycles. The van der Waals surface area contributed by atoms with Crippen molar-refractivity contribution in [1.29, 1.82) is 0 Å². The Morgan fingerprint density at radius 1 is 0.880 bits per heavy atom. The van der Waals surface area contributed by atoms with Gasteiger partial charge in [-0.1, -0.05) is 0 Å². The second-order valence-electron chi connectivity index (χ2n) is 7.69. The summed E-state index contributed by atoms with van der Waals surface area (Å²) in [5, 5.41) is 10.7. The standard InChI is InChI=1S/C22H23NOSe/c1-21(2)15-9-5-7-11-18(15)23(19-12-8-6-10-16(19)21)20-17(13-14-25-20)22(3,4)24/h5-14,24H,1-4H3. The van der Waals surface area contributed by atoms with Gasteiger partial charge in [-0.05, 0) is 0 Å². The van der Waals surface area contributed by atoms with Crippen LogP contribution >= 0.6 is 0 Å². The zero-order chi connectivity index (χ0) is 17.8. The average Bonchev–Trinajstić information content (AvgIpc) is 3.05. The van der Waals surface area contributed by atoms with Gasteiger partial charge in [-0.25, -0.2) is 0 Å². The fourth-order valence-corrected chi connectivity index (χ4v) is 6.09. The van der Waals surface area contributed by atoms with Gasteiger partial charge in [0.1, 0.15) is 0 Å². The number of fused-ring (bicyclic) bond motifs is 2. The second-order valence-corrected chi connectivity index (χ2v) is 9.57. The van der Waals surface area contributed by atoms with Crippen molar-refractivity contribution in [3.05, 3.63) is 76.2 Å². The van der Waals surface area contributed by atoms with Gasteiger partial charge in [-0.2, -0.15) is 0 Å². The topological polar surface area (TPSA) is 23.5 Å². The molecule has 1 aliphatic heterocycles. The molecule has 1 aliphatic rings. The molecular weight excluding hydrogens is 373 g/mol. The summed E-state index contributed by atoms with van der Waals surface area (Å²) in [5.41, 5.74) is 5.26. The Morgan fingerprint density at radius 3 is 1.92 bits per heavy atom. The van der Waals surface area contributed by atoms with Crippen LogP contribution in [0.2, 0.25) is 0 Å². The number of hydrogen-bond acceptors (Lipinski definition) is 2. The maximum atomic E-state index is 10.7. The van der Waals surface area contributed by atoms with Gasteiger partial charge < -0.3 is 0 Å². The van der Waals surface area contributed by atoms with Crippen molar-refractivity contribution in [3.63, 3.8) is 0 Å². The van der Waals surface area contributed by atoms with Crippen LogP contribution in [0.5, 0.6) is 0 Å². The van der Waals surface area contributed by atoms with Crippen molar-refractivity contribution in [2.24, 2.45) is 0 Å². The predicted molar refractivity (Wildman–Crippen MR) is 105 cm³/mol. The van der Waals surface area contributed by atoms with Gasteiger partial charge in [0.15, 0.2) is 0 Å². The SMILES string of the molecule is CC(C)(O)c1cc[se]c1N1c2ccccc2C(C)(C)c2ccccc21. The van der Waals surface area contributed by atoms with Gasteiger partial charge in [0.25, 0.3) is 0 Å². The summed E-state index contributed by atoms with van der Waals surface area (Å²) in [4.78, 5) is 4.59. The molecule has 0 amide bonds. The van der Waals surface area contributed by atoms with Crippen LogP contribution in [-0.2, 0) is 11.0 Å². The van der Waals surface area contributed by atoms with E-state index >= 15 is 0 Å². The molecule has 3 heteroatoms. The summed E-state index contributed by atoms with van der Waals surface area (Å²) >= 11 is 0.205. The molecule has 0 aliphatic carbocycles. The van der Waals surface area contributed by atoms with E-state index in [2.05, 4.69) is 78.3 Å². The van der Waals surface area contributed by atoms with E-state index in [-0.39, 0.29) is 19.9 Å². The molecule has 0 fully saturated rings. The van der Waals surface area contributed by atoms with Crippen molar-refractivity contribution in [2.75, 3.05) is 4.90 Å². The summed E-state index contributed by atoms with van der Waals surface area (Å²) in [6.45, 7) is 8.34.